The van der Waals surface area contributed by atoms with Crippen LogP contribution in [0.5, 0.6) is 0 Å². The number of nitrogens with one attached hydrogen (secondary N) is 1. The van der Waals surface area contributed by atoms with E-state index in [1.165, 1.54) is 25.7 Å². The van der Waals surface area contributed by atoms with E-state index in [9.17, 15) is 0 Å². The second-order valence-electron chi connectivity index (χ2n) is 5.14. The molecule has 0 rings (SSSR count). The van der Waals surface area contributed by atoms with Gasteiger partial charge in [-0.1, -0.05) is 26.2 Å². The molecule has 1 unspecified atom stereocenters. The highest BCUT2D eigenvalue weighted by Crippen LogP contribution is 2.00. The Balaban J connectivity index is 3.66. The van der Waals surface area contributed by atoms with Gasteiger partial charge in [0.25, 0.3) is 0 Å². The van der Waals surface area contributed by atoms with Crippen molar-refractivity contribution in [1.82, 2.24) is 10.2 Å². The monoisotopic (exact) mass is 274 g/mol. The highest BCUT2D eigenvalue weighted by Gasteiger charge is 2.12. The summed E-state index contributed by atoms with van der Waals surface area (Å²) in [6.45, 7) is 10.2. The summed E-state index contributed by atoms with van der Waals surface area (Å²) in [6, 6.07) is 0.446. The number of nitrogens with zero attached hydrogens (tertiary/aromatic N) is 1. The number of ether oxygens (including phenoxy) is 2. The molecule has 0 aromatic rings. The molecular formula is C15H34N2O2. The Morgan fingerprint density at radius 3 is 2.42 bits per heavy atom. The van der Waals surface area contributed by atoms with Gasteiger partial charge in [0.15, 0.2) is 0 Å². The van der Waals surface area contributed by atoms with Gasteiger partial charge in [-0.25, -0.2) is 0 Å². The quantitative estimate of drug-likeness (QED) is 0.492. The van der Waals surface area contributed by atoms with Gasteiger partial charge in [0.05, 0.1) is 13.2 Å². The Hall–Kier alpha value is -0.160. The third kappa shape index (κ3) is 11.4. The normalized spacial score (nSPS) is 13.1. The number of hydrogen-bond acceptors (Lipinski definition) is 4. The third-order valence-electron chi connectivity index (χ3n) is 3.40. The average molecular weight is 274 g/mol. The summed E-state index contributed by atoms with van der Waals surface area (Å²) < 4.78 is 10.4. The van der Waals surface area contributed by atoms with Crippen LogP contribution in [0.15, 0.2) is 0 Å². The van der Waals surface area contributed by atoms with Crippen LogP contribution in [0.4, 0.5) is 0 Å². The number of rotatable bonds is 14. The minimum Gasteiger partial charge on any atom is -0.383 e. The molecule has 0 aliphatic rings. The molecule has 19 heavy (non-hydrogen) atoms. The SMILES string of the molecule is CCCCCCNCCN(CCOC)C(C)COC. The van der Waals surface area contributed by atoms with E-state index in [1.807, 2.05) is 0 Å². The van der Waals surface area contributed by atoms with Crippen molar-refractivity contribution in [2.45, 2.75) is 45.6 Å². The summed E-state index contributed by atoms with van der Waals surface area (Å²) >= 11 is 0. The van der Waals surface area contributed by atoms with E-state index in [0.29, 0.717) is 6.04 Å². The molecule has 0 aromatic carbocycles. The van der Waals surface area contributed by atoms with Gasteiger partial charge in [-0.05, 0) is 19.9 Å². The lowest BCUT2D eigenvalue weighted by atomic mass is 10.2. The molecule has 4 heteroatoms. The highest BCUT2D eigenvalue weighted by molar-refractivity contribution is 4.68. The fourth-order valence-corrected chi connectivity index (χ4v) is 2.13. The number of hydrogen-bond donors (Lipinski definition) is 1. The van der Waals surface area contributed by atoms with E-state index in [4.69, 9.17) is 9.47 Å². The van der Waals surface area contributed by atoms with Gasteiger partial charge in [-0.3, -0.25) is 4.90 Å². The van der Waals surface area contributed by atoms with Crippen LogP contribution in [0.25, 0.3) is 0 Å². The Morgan fingerprint density at radius 1 is 1.00 bits per heavy atom. The first-order valence-electron chi connectivity index (χ1n) is 7.68. The van der Waals surface area contributed by atoms with Crippen molar-refractivity contribution in [2.75, 3.05) is 53.6 Å². The van der Waals surface area contributed by atoms with Crippen molar-refractivity contribution in [3.8, 4) is 0 Å². The molecule has 0 aromatic heterocycles. The van der Waals surface area contributed by atoms with Crippen LogP contribution in [-0.2, 0) is 9.47 Å². The summed E-state index contributed by atoms with van der Waals surface area (Å²) in [6.07, 6.45) is 5.29. The standard InChI is InChI=1S/C15H34N2O2/c1-5-6-7-8-9-16-10-11-17(12-13-18-3)15(2)14-19-4/h15-16H,5-14H2,1-4H3. The fraction of sp³-hybridized carbons (Fsp3) is 1.00. The molecule has 1 atom stereocenters. The zero-order chi connectivity index (χ0) is 14.3. The second-order valence-corrected chi connectivity index (χ2v) is 5.14. The van der Waals surface area contributed by atoms with Crippen molar-refractivity contribution < 1.29 is 9.47 Å². The van der Waals surface area contributed by atoms with E-state index in [1.54, 1.807) is 14.2 Å². The van der Waals surface area contributed by atoms with Crippen LogP contribution < -0.4 is 5.32 Å². The second kappa shape index (κ2) is 14.3. The molecule has 1 N–H and O–H groups in total. The molecule has 0 aliphatic heterocycles. The van der Waals surface area contributed by atoms with E-state index < -0.39 is 0 Å². The summed E-state index contributed by atoms with van der Waals surface area (Å²) in [5.41, 5.74) is 0. The van der Waals surface area contributed by atoms with Crippen LogP contribution in [0.3, 0.4) is 0 Å². The molecule has 0 spiro atoms. The van der Waals surface area contributed by atoms with Crippen molar-refractivity contribution in [3.63, 3.8) is 0 Å². The van der Waals surface area contributed by atoms with Gasteiger partial charge >= 0.3 is 0 Å². The summed E-state index contributed by atoms with van der Waals surface area (Å²) in [5, 5.41) is 3.52. The van der Waals surface area contributed by atoms with Crippen molar-refractivity contribution in [2.24, 2.45) is 0 Å². The maximum atomic E-state index is 5.23. The van der Waals surface area contributed by atoms with Gasteiger partial charge in [-0.2, -0.15) is 0 Å². The Labute approximate surface area is 119 Å². The van der Waals surface area contributed by atoms with Crippen LogP contribution in [0.2, 0.25) is 0 Å². The molecule has 0 amide bonds. The number of unbranched alkanes of at least 4 members (excludes halogenated alkanes) is 3. The fourth-order valence-electron chi connectivity index (χ4n) is 2.13. The molecule has 0 radical (unpaired) electrons. The van der Waals surface area contributed by atoms with Crippen LogP contribution in [0, 0.1) is 0 Å². The average Bonchev–Trinajstić information content (AvgIpc) is 2.41. The molecule has 0 heterocycles. The van der Waals surface area contributed by atoms with E-state index in [-0.39, 0.29) is 0 Å². The van der Waals surface area contributed by atoms with E-state index in [2.05, 4.69) is 24.1 Å². The molecule has 0 bridgehead atoms. The van der Waals surface area contributed by atoms with Gasteiger partial charge in [0.2, 0.25) is 0 Å². The third-order valence-corrected chi connectivity index (χ3v) is 3.40. The molecule has 116 valence electrons. The Bertz CT molecular complexity index is 180. The minimum atomic E-state index is 0.446. The minimum absolute atomic E-state index is 0.446. The van der Waals surface area contributed by atoms with E-state index >= 15 is 0 Å². The highest BCUT2D eigenvalue weighted by atomic mass is 16.5. The smallest absolute Gasteiger partial charge is 0.0615 e. The van der Waals surface area contributed by atoms with Gasteiger partial charge < -0.3 is 14.8 Å². The molecular weight excluding hydrogens is 240 g/mol. The topological polar surface area (TPSA) is 33.7 Å². The van der Waals surface area contributed by atoms with Crippen molar-refractivity contribution in [1.29, 1.82) is 0 Å². The zero-order valence-corrected chi connectivity index (χ0v) is 13.4. The van der Waals surface area contributed by atoms with E-state index in [0.717, 1.165) is 39.4 Å². The van der Waals surface area contributed by atoms with Crippen LogP contribution in [0.1, 0.15) is 39.5 Å². The first kappa shape index (κ1) is 18.8. The molecule has 4 nitrogen and oxygen atoms in total. The van der Waals surface area contributed by atoms with Gasteiger partial charge in [0, 0.05) is 39.9 Å². The lowest BCUT2D eigenvalue weighted by Gasteiger charge is -2.28. The molecule has 0 saturated carbocycles. The predicted molar refractivity (Wildman–Crippen MR) is 81.8 cm³/mol. The van der Waals surface area contributed by atoms with Gasteiger partial charge in [0.1, 0.15) is 0 Å². The molecule has 0 fully saturated rings. The molecule has 0 saturated heterocycles. The zero-order valence-electron chi connectivity index (χ0n) is 13.4. The maximum Gasteiger partial charge on any atom is 0.0615 e. The lowest BCUT2D eigenvalue weighted by Crippen LogP contribution is -2.42. The molecule has 0 aliphatic carbocycles. The van der Waals surface area contributed by atoms with Gasteiger partial charge in [-0.15, -0.1) is 0 Å². The first-order valence-corrected chi connectivity index (χ1v) is 7.68. The lowest BCUT2D eigenvalue weighted by molar-refractivity contribution is 0.0757. The summed E-state index contributed by atoms with van der Waals surface area (Å²) in [4.78, 5) is 2.42. The predicted octanol–water partition coefficient (Wildman–Crippen LogP) is 2.14. The Morgan fingerprint density at radius 2 is 1.79 bits per heavy atom. The van der Waals surface area contributed by atoms with Crippen LogP contribution >= 0.6 is 0 Å². The van der Waals surface area contributed by atoms with Crippen molar-refractivity contribution >= 4 is 0 Å². The largest absolute Gasteiger partial charge is 0.383 e. The summed E-state index contributed by atoms with van der Waals surface area (Å²) in [7, 11) is 3.52. The number of methoxy groups -OCH3 is 2. The Kier molecular flexibility index (Phi) is 14.1. The van der Waals surface area contributed by atoms with Crippen molar-refractivity contribution in [3.05, 3.63) is 0 Å². The first-order chi connectivity index (χ1) is 9.26. The maximum absolute atomic E-state index is 5.23. The van der Waals surface area contributed by atoms with Crippen LogP contribution in [-0.4, -0.2) is 64.6 Å². The summed E-state index contributed by atoms with van der Waals surface area (Å²) in [5.74, 6) is 0.